The van der Waals surface area contributed by atoms with E-state index < -0.39 is 36.0 Å². The lowest BCUT2D eigenvalue weighted by Crippen LogP contribution is -2.39. The first-order valence-corrected chi connectivity index (χ1v) is 7.37. The van der Waals surface area contributed by atoms with Crippen LogP contribution in [0.5, 0.6) is 0 Å². The Labute approximate surface area is 146 Å². The summed E-state index contributed by atoms with van der Waals surface area (Å²) in [4.78, 5) is 35.0. The molecule has 0 atom stereocenters. The third-order valence-corrected chi connectivity index (χ3v) is 3.12. The molecule has 0 saturated carbocycles. The number of carbonyl (C=O) groups is 3. The average molecular weight is 365 g/mol. The second kappa shape index (κ2) is 8.15. The fourth-order valence-electron chi connectivity index (χ4n) is 1.93. The van der Waals surface area contributed by atoms with E-state index in [0.717, 1.165) is 12.1 Å². The Bertz CT molecular complexity index is 808. The number of nitrogens with one attached hydrogen (secondary N) is 3. The summed E-state index contributed by atoms with van der Waals surface area (Å²) in [6, 6.07) is 12.3. The smallest absolute Gasteiger partial charge is 0.339 e. The minimum atomic E-state index is -4.57. The highest BCUT2D eigenvalue weighted by Gasteiger charge is 2.30. The van der Waals surface area contributed by atoms with Gasteiger partial charge in [0.15, 0.2) is 0 Å². The molecule has 26 heavy (non-hydrogen) atoms. The lowest BCUT2D eigenvalue weighted by atomic mass is 10.2. The van der Waals surface area contributed by atoms with E-state index in [1.54, 1.807) is 30.3 Å². The number of alkyl halides is 3. The molecule has 0 aliphatic heterocycles. The van der Waals surface area contributed by atoms with Crippen LogP contribution in [0.15, 0.2) is 54.6 Å². The Hall–Kier alpha value is -3.36. The number of carbonyl (C=O) groups excluding carboxylic acids is 3. The van der Waals surface area contributed by atoms with Crippen LogP contribution in [-0.4, -0.2) is 24.3 Å². The van der Waals surface area contributed by atoms with E-state index in [2.05, 4.69) is 10.6 Å². The molecule has 9 heteroatoms. The van der Waals surface area contributed by atoms with Crippen LogP contribution in [0.4, 0.5) is 24.5 Å². The number of halogens is 3. The highest BCUT2D eigenvalue weighted by molar-refractivity contribution is 6.39. The maximum Gasteiger partial charge on any atom is 0.416 e. The van der Waals surface area contributed by atoms with E-state index in [4.69, 9.17) is 0 Å². The lowest BCUT2D eigenvalue weighted by molar-refractivity contribution is -0.137. The van der Waals surface area contributed by atoms with Crippen LogP contribution in [-0.2, 0) is 20.6 Å². The summed E-state index contributed by atoms with van der Waals surface area (Å²) in [5, 5.41) is 6.63. The normalized spacial score (nSPS) is 10.7. The summed E-state index contributed by atoms with van der Waals surface area (Å²) in [6.45, 7) is -0.469. The summed E-state index contributed by atoms with van der Waals surface area (Å²) < 4.78 is 37.8. The predicted molar refractivity (Wildman–Crippen MR) is 88.2 cm³/mol. The maximum atomic E-state index is 12.6. The second-order valence-electron chi connectivity index (χ2n) is 5.13. The van der Waals surface area contributed by atoms with Crippen molar-refractivity contribution in [2.24, 2.45) is 0 Å². The number of anilines is 2. The van der Waals surface area contributed by atoms with Crippen molar-refractivity contribution in [1.29, 1.82) is 0 Å². The fraction of sp³-hybridized carbons (Fsp3) is 0.118. The Balaban J connectivity index is 1.86. The van der Waals surface area contributed by atoms with Gasteiger partial charge in [0.25, 0.3) is 0 Å². The van der Waals surface area contributed by atoms with E-state index in [1.807, 2.05) is 5.32 Å². The van der Waals surface area contributed by atoms with Crippen molar-refractivity contribution in [2.75, 3.05) is 17.2 Å². The summed E-state index contributed by atoms with van der Waals surface area (Å²) in [5.41, 5.74) is -0.633. The Morgan fingerprint density at radius 1 is 0.808 bits per heavy atom. The van der Waals surface area contributed by atoms with Crippen molar-refractivity contribution in [3.8, 4) is 0 Å². The summed E-state index contributed by atoms with van der Waals surface area (Å²) in [6.07, 6.45) is -4.57. The molecule has 0 aromatic heterocycles. The van der Waals surface area contributed by atoms with Gasteiger partial charge in [-0.3, -0.25) is 14.4 Å². The van der Waals surface area contributed by atoms with Crippen molar-refractivity contribution < 1.29 is 27.6 Å². The van der Waals surface area contributed by atoms with E-state index in [0.29, 0.717) is 11.8 Å². The van der Waals surface area contributed by atoms with Crippen LogP contribution in [0.3, 0.4) is 0 Å². The molecule has 2 aromatic rings. The highest BCUT2D eigenvalue weighted by Crippen LogP contribution is 2.30. The molecule has 2 rings (SSSR count). The molecule has 0 spiro atoms. The molecule has 2 aromatic carbocycles. The van der Waals surface area contributed by atoms with Gasteiger partial charge in [0, 0.05) is 11.4 Å². The molecule has 0 fully saturated rings. The average Bonchev–Trinajstić information content (AvgIpc) is 2.60. The topological polar surface area (TPSA) is 87.3 Å². The van der Waals surface area contributed by atoms with Gasteiger partial charge in [0.2, 0.25) is 5.91 Å². The molecule has 0 heterocycles. The van der Waals surface area contributed by atoms with Crippen molar-refractivity contribution in [3.05, 3.63) is 60.2 Å². The molecule has 0 saturated heterocycles. The Morgan fingerprint density at radius 3 is 2.12 bits per heavy atom. The molecule has 0 aliphatic rings. The zero-order chi connectivity index (χ0) is 19.2. The van der Waals surface area contributed by atoms with E-state index >= 15 is 0 Å². The van der Waals surface area contributed by atoms with Gasteiger partial charge in [-0.05, 0) is 30.3 Å². The van der Waals surface area contributed by atoms with E-state index in [1.165, 1.54) is 6.07 Å². The summed E-state index contributed by atoms with van der Waals surface area (Å²) in [5.74, 6) is -2.89. The monoisotopic (exact) mass is 365 g/mol. The van der Waals surface area contributed by atoms with Crippen molar-refractivity contribution in [1.82, 2.24) is 5.32 Å². The van der Waals surface area contributed by atoms with Gasteiger partial charge in [-0.15, -0.1) is 0 Å². The van der Waals surface area contributed by atoms with Gasteiger partial charge in [0.05, 0.1) is 12.1 Å². The zero-order valence-electron chi connectivity index (χ0n) is 13.3. The lowest BCUT2D eigenvalue weighted by Gasteiger charge is -2.10. The van der Waals surface area contributed by atoms with Crippen LogP contribution < -0.4 is 16.0 Å². The van der Waals surface area contributed by atoms with Crippen LogP contribution in [0, 0.1) is 0 Å². The summed E-state index contributed by atoms with van der Waals surface area (Å²) >= 11 is 0. The molecule has 3 amide bonds. The Kier molecular flexibility index (Phi) is 5.94. The minimum Gasteiger partial charge on any atom is -0.339 e. The SMILES string of the molecule is O=C(CNC(=O)C(=O)Nc1cccc(C(F)(F)F)c1)Nc1ccccc1. The van der Waals surface area contributed by atoms with Gasteiger partial charge in [-0.1, -0.05) is 24.3 Å². The highest BCUT2D eigenvalue weighted by atomic mass is 19.4. The molecule has 3 N–H and O–H groups in total. The van der Waals surface area contributed by atoms with Crippen LogP contribution in [0.1, 0.15) is 5.56 Å². The second-order valence-corrected chi connectivity index (χ2v) is 5.13. The van der Waals surface area contributed by atoms with E-state index in [-0.39, 0.29) is 5.69 Å². The van der Waals surface area contributed by atoms with Crippen molar-refractivity contribution in [3.63, 3.8) is 0 Å². The van der Waals surface area contributed by atoms with E-state index in [9.17, 15) is 27.6 Å². The third-order valence-electron chi connectivity index (χ3n) is 3.12. The van der Waals surface area contributed by atoms with Gasteiger partial charge in [-0.2, -0.15) is 13.2 Å². The molecule has 136 valence electrons. The first-order valence-electron chi connectivity index (χ1n) is 7.37. The molecular weight excluding hydrogens is 351 g/mol. The maximum absolute atomic E-state index is 12.6. The van der Waals surface area contributed by atoms with Gasteiger partial charge in [0.1, 0.15) is 0 Å². The quantitative estimate of drug-likeness (QED) is 0.727. The van der Waals surface area contributed by atoms with Gasteiger partial charge < -0.3 is 16.0 Å². The number of hydrogen-bond acceptors (Lipinski definition) is 3. The summed E-state index contributed by atoms with van der Waals surface area (Å²) in [7, 11) is 0. The fourth-order valence-corrected chi connectivity index (χ4v) is 1.93. The van der Waals surface area contributed by atoms with Crippen LogP contribution in [0.2, 0.25) is 0 Å². The standard InChI is InChI=1S/C17H14F3N3O3/c18-17(19,20)11-5-4-8-13(9-11)23-16(26)15(25)21-10-14(24)22-12-6-2-1-3-7-12/h1-9H,10H2,(H,21,25)(H,22,24)(H,23,26). The largest absolute Gasteiger partial charge is 0.416 e. The number of benzene rings is 2. The Morgan fingerprint density at radius 2 is 1.46 bits per heavy atom. The molecule has 0 aliphatic carbocycles. The zero-order valence-corrected chi connectivity index (χ0v) is 13.3. The molecule has 0 bridgehead atoms. The predicted octanol–water partition coefficient (Wildman–Crippen LogP) is 2.40. The number of hydrogen-bond donors (Lipinski definition) is 3. The minimum absolute atomic E-state index is 0.186. The van der Waals surface area contributed by atoms with Crippen molar-refractivity contribution >= 4 is 29.1 Å². The van der Waals surface area contributed by atoms with Crippen LogP contribution >= 0.6 is 0 Å². The molecule has 0 unspecified atom stereocenters. The van der Waals surface area contributed by atoms with Gasteiger partial charge in [-0.25, -0.2) is 0 Å². The molecular formula is C17H14F3N3O3. The van der Waals surface area contributed by atoms with Gasteiger partial charge >= 0.3 is 18.0 Å². The number of rotatable bonds is 4. The molecule has 0 radical (unpaired) electrons. The third kappa shape index (κ3) is 5.62. The first-order chi connectivity index (χ1) is 12.3. The molecule has 6 nitrogen and oxygen atoms in total. The van der Waals surface area contributed by atoms with Crippen molar-refractivity contribution in [2.45, 2.75) is 6.18 Å². The number of amides is 3. The van der Waals surface area contributed by atoms with Crippen LogP contribution in [0.25, 0.3) is 0 Å². The number of para-hydroxylation sites is 1. The first kappa shape index (κ1) is 19.0.